The number of phenols is 1. The van der Waals surface area contributed by atoms with Gasteiger partial charge in [-0.1, -0.05) is 19.4 Å². The minimum absolute atomic E-state index is 0.208. The van der Waals surface area contributed by atoms with E-state index in [1.165, 1.54) is 12.8 Å². The highest BCUT2D eigenvalue weighted by Crippen LogP contribution is 2.26. The van der Waals surface area contributed by atoms with Crippen LogP contribution >= 0.6 is 0 Å². The van der Waals surface area contributed by atoms with E-state index < -0.39 is 0 Å². The van der Waals surface area contributed by atoms with E-state index in [1.54, 1.807) is 6.07 Å². The van der Waals surface area contributed by atoms with Crippen LogP contribution in [0.5, 0.6) is 11.5 Å². The van der Waals surface area contributed by atoms with Crippen molar-refractivity contribution in [2.45, 2.75) is 33.2 Å². The molecule has 0 aliphatic carbocycles. The van der Waals surface area contributed by atoms with E-state index in [9.17, 15) is 5.11 Å². The molecule has 2 N–H and O–H groups in total. The van der Waals surface area contributed by atoms with Crippen molar-refractivity contribution >= 4 is 0 Å². The molecule has 3 nitrogen and oxygen atoms in total. The Morgan fingerprint density at radius 1 is 1.31 bits per heavy atom. The van der Waals surface area contributed by atoms with Gasteiger partial charge in [0.05, 0.1) is 6.61 Å². The summed E-state index contributed by atoms with van der Waals surface area (Å²) in [4.78, 5) is 0. The second-order valence-corrected chi connectivity index (χ2v) is 3.77. The second-order valence-electron chi connectivity index (χ2n) is 3.77. The number of ether oxygens (including phenoxy) is 1. The third-order valence-corrected chi connectivity index (χ3v) is 2.36. The highest BCUT2D eigenvalue weighted by molar-refractivity contribution is 5.41. The third kappa shape index (κ3) is 4.11. The number of hydrogen-bond acceptors (Lipinski definition) is 3. The molecular formula is C13H21NO2. The molecule has 0 amide bonds. The van der Waals surface area contributed by atoms with Crippen LogP contribution in [0.1, 0.15) is 32.3 Å². The molecule has 0 saturated carbocycles. The maximum Gasteiger partial charge on any atom is 0.161 e. The van der Waals surface area contributed by atoms with Gasteiger partial charge in [0.2, 0.25) is 0 Å². The molecule has 0 aliphatic heterocycles. The van der Waals surface area contributed by atoms with Crippen LogP contribution in [0.15, 0.2) is 18.2 Å². The molecule has 0 fully saturated rings. The van der Waals surface area contributed by atoms with E-state index in [0.717, 1.165) is 18.7 Å². The lowest BCUT2D eigenvalue weighted by atomic mass is 10.2. The summed E-state index contributed by atoms with van der Waals surface area (Å²) in [5.41, 5.74) is 1.14. The smallest absolute Gasteiger partial charge is 0.161 e. The van der Waals surface area contributed by atoms with E-state index in [1.807, 2.05) is 19.1 Å². The molecule has 16 heavy (non-hydrogen) atoms. The molecule has 0 heterocycles. The highest BCUT2D eigenvalue weighted by atomic mass is 16.5. The van der Waals surface area contributed by atoms with Gasteiger partial charge in [-0.15, -0.1) is 0 Å². The number of aromatic hydroxyl groups is 1. The van der Waals surface area contributed by atoms with Crippen LogP contribution in [-0.4, -0.2) is 18.3 Å². The van der Waals surface area contributed by atoms with Gasteiger partial charge in [-0.2, -0.15) is 0 Å². The number of rotatable bonds is 7. The molecule has 0 saturated heterocycles. The molecule has 0 aliphatic rings. The second kappa shape index (κ2) is 7.12. The summed E-state index contributed by atoms with van der Waals surface area (Å²) in [7, 11) is 0. The molecule has 1 rings (SSSR count). The normalized spacial score (nSPS) is 10.4. The minimum Gasteiger partial charge on any atom is -0.504 e. The Morgan fingerprint density at radius 3 is 2.81 bits per heavy atom. The van der Waals surface area contributed by atoms with Crippen LogP contribution in [0, 0.1) is 0 Å². The van der Waals surface area contributed by atoms with E-state index in [2.05, 4.69) is 12.2 Å². The number of benzene rings is 1. The van der Waals surface area contributed by atoms with Crippen LogP contribution in [0.25, 0.3) is 0 Å². The molecule has 0 bridgehead atoms. The van der Waals surface area contributed by atoms with E-state index in [-0.39, 0.29) is 5.75 Å². The Bertz CT molecular complexity index is 313. The maximum absolute atomic E-state index is 9.53. The predicted octanol–water partition coefficient (Wildman–Crippen LogP) is 2.68. The van der Waals surface area contributed by atoms with Crippen molar-refractivity contribution in [3.8, 4) is 11.5 Å². The molecule has 3 heteroatoms. The van der Waals surface area contributed by atoms with Gasteiger partial charge in [0.25, 0.3) is 0 Å². The average Bonchev–Trinajstić information content (AvgIpc) is 2.29. The fourth-order valence-corrected chi connectivity index (χ4v) is 1.47. The fraction of sp³-hybridized carbons (Fsp3) is 0.538. The van der Waals surface area contributed by atoms with E-state index >= 15 is 0 Å². The van der Waals surface area contributed by atoms with Crippen molar-refractivity contribution in [1.29, 1.82) is 0 Å². The van der Waals surface area contributed by atoms with Gasteiger partial charge in [0.1, 0.15) is 0 Å². The fourth-order valence-electron chi connectivity index (χ4n) is 1.47. The van der Waals surface area contributed by atoms with Gasteiger partial charge in [-0.05, 0) is 37.6 Å². The van der Waals surface area contributed by atoms with Crippen molar-refractivity contribution in [2.75, 3.05) is 13.2 Å². The van der Waals surface area contributed by atoms with E-state index in [0.29, 0.717) is 12.4 Å². The quantitative estimate of drug-likeness (QED) is 0.698. The standard InChI is InChI=1S/C13H21NO2/c1-3-5-8-14-10-11-6-7-12(15)13(9-11)16-4-2/h6-7,9,14-15H,3-5,8,10H2,1-2H3. The topological polar surface area (TPSA) is 41.5 Å². The molecule has 0 atom stereocenters. The number of hydrogen-bond donors (Lipinski definition) is 2. The first-order valence-electron chi connectivity index (χ1n) is 5.93. The van der Waals surface area contributed by atoms with Gasteiger partial charge in [-0.25, -0.2) is 0 Å². The maximum atomic E-state index is 9.53. The van der Waals surface area contributed by atoms with Gasteiger partial charge in [0.15, 0.2) is 11.5 Å². The van der Waals surface area contributed by atoms with Gasteiger partial charge >= 0.3 is 0 Å². The SMILES string of the molecule is CCCCNCc1ccc(O)c(OCC)c1. The lowest BCUT2D eigenvalue weighted by Gasteiger charge is -2.09. The largest absolute Gasteiger partial charge is 0.504 e. The highest BCUT2D eigenvalue weighted by Gasteiger charge is 2.02. The molecule has 90 valence electrons. The summed E-state index contributed by atoms with van der Waals surface area (Å²) in [6, 6.07) is 5.48. The van der Waals surface area contributed by atoms with Crippen molar-refractivity contribution in [3.05, 3.63) is 23.8 Å². The third-order valence-electron chi connectivity index (χ3n) is 2.36. The van der Waals surface area contributed by atoms with Crippen molar-refractivity contribution in [3.63, 3.8) is 0 Å². The average molecular weight is 223 g/mol. The lowest BCUT2D eigenvalue weighted by molar-refractivity contribution is 0.317. The monoisotopic (exact) mass is 223 g/mol. The summed E-state index contributed by atoms with van der Waals surface area (Å²) in [5, 5.41) is 12.9. The summed E-state index contributed by atoms with van der Waals surface area (Å²) in [5.74, 6) is 0.774. The number of phenolic OH excluding ortho intramolecular Hbond substituents is 1. The van der Waals surface area contributed by atoms with Crippen LogP contribution in [0.3, 0.4) is 0 Å². The summed E-state index contributed by atoms with van der Waals surface area (Å²) < 4.78 is 5.33. The zero-order valence-electron chi connectivity index (χ0n) is 10.1. The Balaban J connectivity index is 2.50. The Kier molecular flexibility index (Phi) is 5.72. The van der Waals surface area contributed by atoms with Crippen LogP contribution in [0.2, 0.25) is 0 Å². The van der Waals surface area contributed by atoms with Gasteiger partial charge < -0.3 is 15.2 Å². The van der Waals surface area contributed by atoms with Crippen LogP contribution in [0.4, 0.5) is 0 Å². The Morgan fingerprint density at radius 2 is 2.12 bits per heavy atom. The van der Waals surface area contributed by atoms with Crippen molar-refractivity contribution in [2.24, 2.45) is 0 Å². The molecule has 0 unspecified atom stereocenters. The van der Waals surface area contributed by atoms with Gasteiger partial charge in [-0.3, -0.25) is 0 Å². The first-order valence-corrected chi connectivity index (χ1v) is 5.93. The van der Waals surface area contributed by atoms with Crippen LogP contribution < -0.4 is 10.1 Å². The minimum atomic E-state index is 0.208. The molecule has 0 spiro atoms. The molecule has 0 aromatic heterocycles. The van der Waals surface area contributed by atoms with E-state index in [4.69, 9.17) is 4.74 Å². The zero-order chi connectivity index (χ0) is 11.8. The summed E-state index contributed by atoms with van der Waals surface area (Å²) >= 11 is 0. The predicted molar refractivity (Wildman–Crippen MR) is 65.9 cm³/mol. The first kappa shape index (κ1) is 12.8. The zero-order valence-corrected chi connectivity index (χ0v) is 10.1. The Hall–Kier alpha value is -1.22. The summed E-state index contributed by atoms with van der Waals surface area (Å²) in [6.07, 6.45) is 2.39. The number of unbranched alkanes of at least 4 members (excludes halogenated alkanes) is 1. The van der Waals surface area contributed by atoms with Crippen molar-refractivity contribution in [1.82, 2.24) is 5.32 Å². The first-order chi connectivity index (χ1) is 7.77. The Labute approximate surface area is 97.4 Å². The van der Waals surface area contributed by atoms with Crippen LogP contribution in [-0.2, 0) is 6.54 Å². The molecule has 1 aromatic rings. The van der Waals surface area contributed by atoms with Crippen molar-refractivity contribution < 1.29 is 9.84 Å². The number of nitrogens with one attached hydrogen (secondary N) is 1. The molecular weight excluding hydrogens is 202 g/mol. The molecule has 1 aromatic carbocycles. The lowest BCUT2D eigenvalue weighted by Crippen LogP contribution is -2.14. The summed E-state index contributed by atoms with van der Waals surface area (Å²) in [6.45, 7) is 6.50. The van der Waals surface area contributed by atoms with Gasteiger partial charge in [0, 0.05) is 6.54 Å². The molecule has 0 radical (unpaired) electrons.